The topological polar surface area (TPSA) is 55.4 Å². The second-order valence-electron chi connectivity index (χ2n) is 4.73. The minimum atomic E-state index is -3.40. The van der Waals surface area contributed by atoms with Crippen molar-refractivity contribution in [2.75, 3.05) is 7.11 Å². The number of hydrogen-bond donors (Lipinski definition) is 1. The number of methoxy groups -OCH3 is 1. The van der Waals surface area contributed by atoms with Crippen LogP contribution in [0.4, 0.5) is 0 Å². The van der Waals surface area contributed by atoms with Gasteiger partial charge in [-0.25, -0.2) is 13.1 Å². The van der Waals surface area contributed by atoms with E-state index in [4.69, 9.17) is 4.74 Å². The molecule has 1 aromatic rings. The Balaban J connectivity index is 2.21. The van der Waals surface area contributed by atoms with Crippen LogP contribution < -0.4 is 9.46 Å². The lowest BCUT2D eigenvalue weighted by atomic mass is 10.2. The summed E-state index contributed by atoms with van der Waals surface area (Å²) in [6.45, 7) is 1.84. The van der Waals surface area contributed by atoms with Crippen molar-refractivity contribution in [1.82, 2.24) is 4.72 Å². The van der Waals surface area contributed by atoms with Gasteiger partial charge in [-0.2, -0.15) is 0 Å². The highest BCUT2D eigenvalue weighted by Crippen LogP contribution is 2.23. The number of ether oxygens (including phenoxy) is 1. The number of nitrogens with one attached hydrogen (secondary N) is 1. The molecular formula is C13H19NO3S. The lowest BCUT2D eigenvalue weighted by Gasteiger charge is -2.13. The summed E-state index contributed by atoms with van der Waals surface area (Å²) < 4.78 is 32.3. The molecule has 1 N–H and O–H groups in total. The first-order valence-corrected chi connectivity index (χ1v) is 7.68. The van der Waals surface area contributed by atoms with Crippen molar-refractivity contribution in [1.29, 1.82) is 0 Å². The van der Waals surface area contributed by atoms with Gasteiger partial charge < -0.3 is 4.74 Å². The smallest absolute Gasteiger partial charge is 0.240 e. The SMILES string of the molecule is COc1ccc(S(=O)(=O)NC2CCCC2)cc1C. The predicted molar refractivity (Wildman–Crippen MR) is 70.3 cm³/mol. The fourth-order valence-corrected chi connectivity index (χ4v) is 3.74. The van der Waals surface area contributed by atoms with Crippen LogP contribution in [0.15, 0.2) is 23.1 Å². The van der Waals surface area contributed by atoms with Gasteiger partial charge in [0.25, 0.3) is 0 Å². The molecule has 1 aromatic carbocycles. The fourth-order valence-electron chi connectivity index (χ4n) is 2.35. The maximum Gasteiger partial charge on any atom is 0.240 e. The van der Waals surface area contributed by atoms with Crippen LogP contribution in [0.2, 0.25) is 0 Å². The lowest BCUT2D eigenvalue weighted by molar-refractivity contribution is 0.411. The van der Waals surface area contributed by atoms with Gasteiger partial charge in [0, 0.05) is 6.04 Å². The normalized spacial score (nSPS) is 17.0. The second-order valence-corrected chi connectivity index (χ2v) is 6.45. The van der Waals surface area contributed by atoms with E-state index in [-0.39, 0.29) is 6.04 Å². The first kappa shape index (κ1) is 13.4. The first-order valence-electron chi connectivity index (χ1n) is 6.20. The molecule has 0 aliphatic heterocycles. The Labute approximate surface area is 108 Å². The van der Waals surface area contributed by atoms with Gasteiger partial charge >= 0.3 is 0 Å². The maximum absolute atomic E-state index is 12.2. The standard InChI is InChI=1S/C13H19NO3S/c1-10-9-12(7-8-13(10)17-2)18(15,16)14-11-5-3-4-6-11/h7-9,11,14H,3-6H2,1-2H3. The molecule has 1 aliphatic rings. The fraction of sp³-hybridized carbons (Fsp3) is 0.538. The van der Waals surface area contributed by atoms with E-state index in [1.54, 1.807) is 25.3 Å². The van der Waals surface area contributed by atoms with Crippen LogP contribution >= 0.6 is 0 Å². The van der Waals surface area contributed by atoms with E-state index in [1.165, 1.54) is 0 Å². The average Bonchev–Trinajstić information content (AvgIpc) is 2.81. The van der Waals surface area contributed by atoms with Crippen LogP contribution in [0.3, 0.4) is 0 Å². The summed E-state index contributed by atoms with van der Waals surface area (Å²) in [6, 6.07) is 5.02. The van der Waals surface area contributed by atoms with Gasteiger partial charge in [0.15, 0.2) is 0 Å². The predicted octanol–water partition coefficient (Wildman–Crippen LogP) is 2.22. The third kappa shape index (κ3) is 2.84. The Morgan fingerprint density at radius 3 is 2.50 bits per heavy atom. The molecule has 0 bridgehead atoms. The van der Waals surface area contributed by atoms with E-state index in [9.17, 15) is 8.42 Å². The number of benzene rings is 1. The van der Waals surface area contributed by atoms with Crippen LogP contribution in [-0.2, 0) is 10.0 Å². The summed E-state index contributed by atoms with van der Waals surface area (Å²) in [5, 5.41) is 0. The Morgan fingerprint density at radius 1 is 1.28 bits per heavy atom. The molecule has 0 heterocycles. The summed E-state index contributed by atoms with van der Waals surface area (Å²) in [7, 11) is -1.82. The third-order valence-electron chi connectivity index (χ3n) is 3.35. The van der Waals surface area contributed by atoms with E-state index in [0.717, 1.165) is 31.2 Å². The summed E-state index contributed by atoms with van der Waals surface area (Å²) >= 11 is 0. The molecule has 0 atom stereocenters. The molecule has 4 nitrogen and oxygen atoms in total. The quantitative estimate of drug-likeness (QED) is 0.912. The van der Waals surface area contributed by atoms with Gasteiger partial charge in [0.1, 0.15) is 5.75 Å². The van der Waals surface area contributed by atoms with Crippen LogP contribution in [0, 0.1) is 6.92 Å². The molecule has 0 amide bonds. The maximum atomic E-state index is 12.2. The zero-order valence-corrected chi connectivity index (χ0v) is 11.6. The largest absolute Gasteiger partial charge is 0.496 e. The Bertz CT molecular complexity index is 519. The second kappa shape index (κ2) is 5.28. The van der Waals surface area contributed by atoms with Gasteiger partial charge in [-0.15, -0.1) is 0 Å². The highest BCUT2D eigenvalue weighted by Gasteiger charge is 2.23. The van der Waals surface area contributed by atoms with Gasteiger partial charge in [-0.1, -0.05) is 12.8 Å². The molecule has 2 rings (SSSR count). The molecule has 0 unspecified atom stereocenters. The Hall–Kier alpha value is -1.07. The van der Waals surface area contributed by atoms with Crippen molar-refractivity contribution in [3.63, 3.8) is 0 Å². The van der Waals surface area contributed by atoms with Crippen LogP contribution in [0.1, 0.15) is 31.2 Å². The minimum Gasteiger partial charge on any atom is -0.496 e. The summed E-state index contributed by atoms with van der Waals surface area (Å²) in [5.74, 6) is 0.704. The molecule has 5 heteroatoms. The van der Waals surface area contributed by atoms with Crippen molar-refractivity contribution in [2.24, 2.45) is 0 Å². The first-order chi connectivity index (χ1) is 8.53. The molecule has 0 radical (unpaired) electrons. The number of sulfonamides is 1. The molecular weight excluding hydrogens is 250 g/mol. The van der Waals surface area contributed by atoms with E-state index >= 15 is 0 Å². The van der Waals surface area contributed by atoms with Crippen molar-refractivity contribution >= 4 is 10.0 Å². The monoisotopic (exact) mass is 269 g/mol. The number of aryl methyl sites for hydroxylation is 1. The molecule has 0 saturated heterocycles. The van der Waals surface area contributed by atoms with Gasteiger partial charge in [0.05, 0.1) is 12.0 Å². The van der Waals surface area contributed by atoms with E-state index in [1.807, 2.05) is 6.92 Å². The number of hydrogen-bond acceptors (Lipinski definition) is 3. The molecule has 1 fully saturated rings. The van der Waals surface area contributed by atoms with Gasteiger partial charge in [-0.3, -0.25) is 0 Å². The third-order valence-corrected chi connectivity index (χ3v) is 4.87. The van der Waals surface area contributed by atoms with E-state index in [0.29, 0.717) is 10.6 Å². The van der Waals surface area contributed by atoms with E-state index in [2.05, 4.69) is 4.72 Å². The molecule has 0 spiro atoms. The van der Waals surface area contributed by atoms with Crippen LogP contribution in [0.5, 0.6) is 5.75 Å². The number of rotatable bonds is 4. The summed E-state index contributed by atoms with van der Waals surface area (Å²) in [5.41, 5.74) is 0.826. The van der Waals surface area contributed by atoms with E-state index < -0.39 is 10.0 Å². The van der Waals surface area contributed by atoms with Crippen LogP contribution in [0.25, 0.3) is 0 Å². The van der Waals surface area contributed by atoms with Crippen molar-refractivity contribution in [3.8, 4) is 5.75 Å². The lowest BCUT2D eigenvalue weighted by Crippen LogP contribution is -2.32. The van der Waals surface area contributed by atoms with Crippen LogP contribution in [-0.4, -0.2) is 21.6 Å². The zero-order valence-electron chi connectivity index (χ0n) is 10.8. The highest BCUT2D eigenvalue weighted by atomic mass is 32.2. The summed E-state index contributed by atoms with van der Waals surface area (Å²) in [6.07, 6.45) is 4.09. The molecule has 1 saturated carbocycles. The van der Waals surface area contributed by atoms with Crippen molar-refractivity contribution in [3.05, 3.63) is 23.8 Å². The molecule has 1 aliphatic carbocycles. The van der Waals surface area contributed by atoms with Crippen molar-refractivity contribution < 1.29 is 13.2 Å². The highest BCUT2D eigenvalue weighted by molar-refractivity contribution is 7.89. The average molecular weight is 269 g/mol. The summed E-state index contributed by atoms with van der Waals surface area (Å²) in [4.78, 5) is 0.313. The zero-order chi connectivity index (χ0) is 13.2. The molecule has 18 heavy (non-hydrogen) atoms. The van der Waals surface area contributed by atoms with Crippen molar-refractivity contribution in [2.45, 2.75) is 43.5 Å². The minimum absolute atomic E-state index is 0.0948. The van der Waals surface area contributed by atoms with Gasteiger partial charge in [0.2, 0.25) is 10.0 Å². The Morgan fingerprint density at radius 2 is 1.94 bits per heavy atom. The molecule has 0 aromatic heterocycles. The van der Waals surface area contributed by atoms with Gasteiger partial charge in [-0.05, 0) is 43.5 Å². The Kier molecular flexibility index (Phi) is 3.92. The molecule has 100 valence electrons.